The molecule has 1 aliphatic rings. The Bertz CT molecular complexity index is 76.9. The molecule has 0 aromatic rings. The van der Waals surface area contributed by atoms with E-state index in [9.17, 15) is 10.1 Å². The van der Waals surface area contributed by atoms with Crippen LogP contribution in [-0.4, -0.2) is 11.0 Å². The first kappa shape index (κ1) is 3.59. The highest BCUT2D eigenvalue weighted by molar-refractivity contribution is 4.95. The summed E-state index contributed by atoms with van der Waals surface area (Å²) in [6, 6.07) is -0.301. The molecule has 1 saturated carbocycles. The van der Waals surface area contributed by atoms with E-state index in [-0.39, 0.29) is 11.0 Å². The molecule has 1 aliphatic carbocycles. The Labute approximate surface area is 35.1 Å². The largest absolute Gasteiger partial charge is 0.264 e. The van der Waals surface area contributed by atoms with Crippen LogP contribution in [0.15, 0.2) is 0 Å². The summed E-state index contributed by atoms with van der Waals surface area (Å²) < 4.78 is 0. The van der Waals surface area contributed by atoms with Crippen molar-refractivity contribution in [2.24, 2.45) is 0 Å². The summed E-state index contributed by atoms with van der Waals surface area (Å²) in [6.45, 7) is 0. The Morgan fingerprint density at radius 2 is 2.50 bits per heavy atom. The zero-order valence-corrected chi connectivity index (χ0v) is 3.13. The lowest BCUT2D eigenvalue weighted by Gasteiger charge is -1.76. The molecule has 0 bridgehead atoms. The van der Waals surface area contributed by atoms with Gasteiger partial charge in [0.05, 0.1) is 0 Å². The summed E-state index contributed by atoms with van der Waals surface area (Å²) in [6.07, 6.45) is 2.34. The molecular weight excluding hydrogens is 82.0 g/mol. The number of hydrogen-bond acceptors (Lipinski definition) is 2. The second kappa shape index (κ2) is 0.929. The Morgan fingerprint density at radius 1 is 2.00 bits per heavy atom. The Balaban J connectivity index is 2.31. The van der Waals surface area contributed by atoms with Gasteiger partial charge in [0.25, 0.3) is 0 Å². The van der Waals surface area contributed by atoms with Crippen molar-refractivity contribution in [3.8, 4) is 0 Å². The lowest BCUT2D eigenvalue weighted by Crippen LogP contribution is -1.98. The van der Waals surface area contributed by atoms with E-state index in [4.69, 9.17) is 0 Å². The third-order valence-electron chi connectivity index (χ3n) is 0.717. The fraction of sp³-hybridized carbons (Fsp3) is 0.667. The average molecular weight is 86.1 g/mol. The van der Waals surface area contributed by atoms with Gasteiger partial charge in [-0.05, 0) is 0 Å². The second-order valence-electron chi connectivity index (χ2n) is 1.32. The van der Waals surface area contributed by atoms with Crippen molar-refractivity contribution in [3.63, 3.8) is 0 Å². The molecule has 0 amide bonds. The summed E-state index contributed by atoms with van der Waals surface area (Å²) >= 11 is 0. The molecule has 1 atom stereocenters. The van der Waals surface area contributed by atoms with Gasteiger partial charge in [-0.3, -0.25) is 10.1 Å². The molecule has 1 rings (SSSR count). The first-order valence-corrected chi connectivity index (χ1v) is 1.77. The van der Waals surface area contributed by atoms with Crippen LogP contribution in [0.4, 0.5) is 0 Å². The van der Waals surface area contributed by atoms with Crippen molar-refractivity contribution in [3.05, 3.63) is 16.5 Å². The third-order valence-corrected chi connectivity index (χ3v) is 0.717. The van der Waals surface area contributed by atoms with Gasteiger partial charge < -0.3 is 0 Å². The van der Waals surface area contributed by atoms with Gasteiger partial charge in [0.2, 0.25) is 6.04 Å². The van der Waals surface area contributed by atoms with Gasteiger partial charge in [-0.15, -0.1) is 0 Å². The smallest absolute Gasteiger partial charge is 0.217 e. The van der Waals surface area contributed by atoms with Crippen molar-refractivity contribution < 1.29 is 4.92 Å². The Kier molecular flexibility index (Phi) is 0.555. The summed E-state index contributed by atoms with van der Waals surface area (Å²) in [5.41, 5.74) is 0. The van der Waals surface area contributed by atoms with E-state index >= 15 is 0 Å². The fourth-order valence-corrected chi connectivity index (χ4v) is 0.233. The average Bonchev–Trinajstić information content (AvgIpc) is 2.06. The zero-order chi connectivity index (χ0) is 4.57. The van der Waals surface area contributed by atoms with Crippen LogP contribution in [0.3, 0.4) is 0 Å². The predicted octanol–water partition coefficient (Wildman–Crippen LogP) is 0.240. The molecule has 33 valence electrons. The van der Waals surface area contributed by atoms with E-state index in [1.54, 1.807) is 6.42 Å². The van der Waals surface area contributed by atoms with Crippen LogP contribution in [0.25, 0.3) is 0 Å². The summed E-state index contributed by atoms with van der Waals surface area (Å²) in [4.78, 5) is 9.26. The van der Waals surface area contributed by atoms with Crippen molar-refractivity contribution in [2.45, 2.75) is 12.5 Å². The predicted molar refractivity (Wildman–Crippen MR) is 19.7 cm³/mol. The standard InChI is InChI=1S/C3H4NO2/c5-4(6)3-1-2-3/h1,3H,2H2. The van der Waals surface area contributed by atoms with E-state index in [1.807, 2.05) is 0 Å². The molecule has 3 nitrogen and oxygen atoms in total. The first-order valence-electron chi connectivity index (χ1n) is 1.77. The van der Waals surface area contributed by atoms with Crippen LogP contribution in [0.1, 0.15) is 6.42 Å². The van der Waals surface area contributed by atoms with Crippen molar-refractivity contribution in [2.75, 3.05) is 0 Å². The minimum absolute atomic E-state index is 0.278. The highest BCUT2D eigenvalue weighted by Crippen LogP contribution is 2.19. The number of nitrogens with zero attached hydrogens (tertiary/aromatic N) is 1. The zero-order valence-electron chi connectivity index (χ0n) is 3.13. The number of rotatable bonds is 1. The molecule has 0 aromatic carbocycles. The van der Waals surface area contributed by atoms with E-state index in [0.29, 0.717) is 6.42 Å². The first-order chi connectivity index (χ1) is 2.80. The molecule has 1 unspecified atom stereocenters. The lowest BCUT2D eigenvalue weighted by molar-refractivity contribution is -0.491. The quantitative estimate of drug-likeness (QED) is 0.339. The van der Waals surface area contributed by atoms with Gasteiger partial charge >= 0.3 is 0 Å². The van der Waals surface area contributed by atoms with Gasteiger partial charge in [0.1, 0.15) is 0 Å². The molecule has 0 aliphatic heterocycles. The van der Waals surface area contributed by atoms with E-state index in [2.05, 4.69) is 0 Å². The molecular formula is C3H4NO2. The van der Waals surface area contributed by atoms with Crippen molar-refractivity contribution in [1.82, 2.24) is 0 Å². The van der Waals surface area contributed by atoms with Gasteiger partial charge in [0.15, 0.2) is 0 Å². The number of nitro groups is 1. The molecule has 0 spiro atoms. The topological polar surface area (TPSA) is 43.1 Å². The molecule has 6 heavy (non-hydrogen) atoms. The van der Waals surface area contributed by atoms with Crippen LogP contribution < -0.4 is 0 Å². The minimum Gasteiger partial charge on any atom is -0.264 e. The van der Waals surface area contributed by atoms with Gasteiger partial charge in [0, 0.05) is 17.8 Å². The fourth-order valence-electron chi connectivity index (χ4n) is 0.233. The molecule has 1 fully saturated rings. The SMILES string of the molecule is O=[N+]([O-])C1[CH]C1. The normalized spacial score (nSPS) is 20.7. The Hall–Kier alpha value is -0.600. The van der Waals surface area contributed by atoms with E-state index in [0.717, 1.165) is 0 Å². The molecule has 0 heterocycles. The van der Waals surface area contributed by atoms with E-state index < -0.39 is 0 Å². The lowest BCUT2D eigenvalue weighted by atomic mass is 10.8. The molecule has 3 heteroatoms. The minimum atomic E-state index is -0.301. The van der Waals surface area contributed by atoms with Crippen molar-refractivity contribution >= 4 is 0 Å². The van der Waals surface area contributed by atoms with Crippen LogP contribution in [0.2, 0.25) is 0 Å². The molecule has 0 aromatic heterocycles. The van der Waals surface area contributed by atoms with Crippen LogP contribution in [0, 0.1) is 16.5 Å². The molecule has 0 saturated heterocycles. The highest BCUT2D eigenvalue weighted by atomic mass is 16.6. The molecule has 1 radical (unpaired) electrons. The Morgan fingerprint density at radius 3 is 2.50 bits per heavy atom. The third kappa shape index (κ3) is 0.478. The van der Waals surface area contributed by atoms with Crippen LogP contribution >= 0.6 is 0 Å². The summed E-state index contributed by atoms with van der Waals surface area (Å²) in [7, 11) is 0. The monoisotopic (exact) mass is 86.0 g/mol. The van der Waals surface area contributed by atoms with Gasteiger partial charge in [-0.25, -0.2) is 0 Å². The van der Waals surface area contributed by atoms with E-state index in [1.165, 1.54) is 0 Å². The van der Waals surface area contributed by atoms with Crippen LogP contribution in [-0.2, 0) is 0 Å². The van der Waals surface area contributed by atoms with Crippen LogP contribution in [0.5, 0.6) is 0 Å². The van der Waals surface area contributed by atoms with Crippen molar-refractivity contribution in [1.29, 1.82) is 0 Å². The number of hydrogen-bond donors (Lipinski definition) is 0. The maximum Gasteiger partial charge on any atom is 0.217 e. The summed E-state index contributed by atoms with van der Waals surface area (Å²) in [5.74, 6) is 0. The second-order valence-corrected chi connectivity index (χ2v) is 1.32. The maximum atomic E-state index is 9.54. The molecule has 0 N–H and O–H groups in total. The van der Waals surface area contributed by atoms with Gasteiger partial charge in [-0.1, -0.05) is 0 Å². The maximum absolute atomic E-state index is 9.54. The highest BCUT2D eigenvalue weighted by Gasteiger charge is 2.33. The summed E-state index contributed by atoms with van der Waals surface area (Å²) in [5, 5.41) is 9.54. The van der Waals surface area contributed by atoms with Gasteiger partial charge in [-0.2, -0.15) is 0 Å².